The van der Waals surface area contributed by atoms with E-state index in [2.05, 4.69) is 24.4 Å². The maximum absolute atomic E-state index is 12.3. The van der Waals surface area contributed by atoms with Crippen LogP contribution < -0.4 is 10.1 Å². The molecule has 1 amide bonds. The Hall–Kier alpha value is -1.94. The van der Waals surface area contributed by atoms with Gasteiger partial charge < -0.3 is 10.1 Å². The molecule has 4 heteroatoms. The number of carbonyl (C=O) groups excluding carboxylic acids is 1. The number of benzene rings is 2. The summed E-state index contributed by atoms with van der Waals surface area (Å²) in [5.41, 5.74) is 2.02. The first-order chi connectivity index (χ1) is 11.2. The van der Waals surface area contributed by atoms with Gasteiger partial charge in [0.1, 0.15) is 5.75 Å². The SMILES string of the molecule is CCSc1ccccc1C(=O)NCCCc1ccc(OC)cc1. The minimum atomic E-state index is 0.0104. The Labute approximate surface area is 142 Å². The smallest absolute Gasteiger partial charge is 0.252 e. The Kier molecular flexibility index (Phi) is 7.01. The van der Waals surface area contributed by atoms with Crippen molar-refractivity contribution in [1.29, 1.82) is 0 Å². The van der Waals surface area contributed by atoms with Gasteiger partial charge in [-0.2, -0.15) is 0 Å². The van der Waals surface area contributed by atoms with Crippen molar-refractivity contribution in [3.63, 3.8) is 0 Å². The van der Waals surface area contributed by atoms with Gasteiger partial charge in [0.2, 0.25) is 0 Å². The molecule has 0 fully saturated rings. The molecule has 0 radical (unpaired) electrons. The zero-order valence-corrected chi connectivity index (χ0v) is 14.5. The molecule has 3 nitrogen and oxygen atoms in total. The molecule has 2 aromatic carbocycles. The number of amides is 1. The van der Waals surface area contributed by atoms with Gasteiger partial charge in [0.05, 0.1) is 12.7 Å². The summed E-state index contributed by atoms with van der Waals surface area (Å²) in [5.74, 6) is 1.84. The monoisotopic (exact) mass is 329 g/mol. The van der Waals surface area contributed by atoms with E-state index in [-0.39, 0.29) is 5.91 Å². The van der Waals surface area contributed by atoms with E-state index in [0.717, 1.165) is 34.8 Å². The van der Waals surface area contributed by atoms with Crippen molar-refractivity contribution in [3.05, 3.63) is 59.7 Å². The van der Waals surface area contributed by atoms with Crippen LogP contribution in [-0.4, -0.2) is 25.3 Å². The van der Waals surface area contributed by atoms with Crippen molar-refractivity contribution in [1.82, 2.24) is 5.32 Å². The van der Waals surface area contributed by atoms with Crippen LogP contribution >= 0.6 is 11.8 Å². The highest BCUT2D eigenvalue weighted by molar-refractivity contribution is 7.99. The van der Waals surface area contributed by atoms with Crippen LogP contribution in [0.25, 0.3) is 0 Å². The fourth-order valence-electron chi connectivity index (χ4n) is 2.32. The minimum Gasteiger partial charge on any atom is -0.497 e. The predicted octanol–water partition coefficient (Wildman–Crippen LogP) is 4.17. The van der Waals surface area contributed by atoms with E-state index in [1.807, 2.05) is 36.4 Å². The number of rotatable bonds is 8. The van der Waals surface area contributed by atoms with Gasteiger partial charge >= 0.3 is 0 Å². The molecule has 0 atom stereocenters. The van der Waals surface area contributed by atoms with Gasteiger partial charge in [-0.25, -0.2) is 0 Å². The Morgan fingerprint density at radius 2 is 1.87 bits per heavy atom. The van der Waals surface area contributed by atoms with Gasteiger partial charge in [0, 0.05) is 11.4 Å². The Balaban J connectivity index is 1.80. The predicted molar refractivity (Wildman–Crippen MR) is 96.5 cm³/mol. The number of hydrogen-bond acceptors (Lipinski definition) is 3. The summed E-state index contributed by atoms with van der Waals surface area (Å²) < 4.78 is 5.15. The van der Waals surface area contributed by atoms with Crippen molar-refractivity contribution in [2.75, 3.05) is 19.4 Å². The second-order valence-corrected chi connectivity index (χ2v) is 6.44. The van der Waals surface area contributed by atoms with Crippen molar-refractivity contribution in [2.24, 2.45) is 0 Å². The Bertz CT molecular complexity index is 626. The molecule has 0 aliphatic carbocycles. The van der Waals surface area contributed by atoms with Gasteiger partial charge in [-0.1, -0.05) is 31.2 Å². The van der Waals surface area contributed by atoms with Crippen LogP contribution in [0.15, 0.2) is 53.4 Å². The molecule has 0 spiro atoms. The first kappa shape index (κ1) is 17.4. The largest absolute Gasteiger partial charge is 0.497 e. The van der Waals surface area contributed by atoms with Crippen LogP contribution in [0, 0.1) is 0 Å². The van der Waals surface area contributed by atoms with Crippen molar-refractivity contribution in [2.45, 2.75) is 24.7 Å². The van der Waals surface area contributed by atoms with Crippen LogP contribution in [0.3, 0.4) is 0 Å². The van der Waals surface area contributed by atoms with Crippen molar-refractivity contribution >= 4 is 17.7 Å². The summed E-state index contributed by atoms with van der Waals surface area (Å²) in [6.45, 7) is 2.77. The maximum Gasteiger partial charge on any atom is 0.252 e. The first-order valence-corrected chi connectivity index (χ1v) is 8.86. The molecule has 0 saturated carbocycles. The van der Waals surface area contributed by atoms with E-state index < -0.39 is 0 Å². The molecule has 0 heterocycles. The van der Waals surface area contributed by atoms with Gasteiger partial charge in [-0.15, -0.1) is 11.8 Å². The van der Waals surface area contributed by atoms with Gasteiger partial charge in [-0.3, -0.25) is 4.79 Å². The minimum absolute atomic E-state index is 0.0104. The first-order valence-electron chi connectivity index (χ1n) is 7.87. The molecule has 2 rings (SSSR count). The van der Waals surface area contributed by atoms with E-state index in [1.165, 1.54) is 5.56 Å². The Morgan fingerprint density at radius 1 is 1.13 bits per heavy atom. The molecular formula is C19H23NO2S. The summed E-state index contributed by atoms with van der Waals surface area (Å²) >= 11 is 1.70. The molecule has 0 saturated heterocycles. The number of aryl methyl sites for hydroxylation is 1. The topological polar surface area (TPSA) is 38.3 Å². The van der Waals surface area contributed by atoms with Crippen LogP contribution in [0.2, 0.25) is 0 Å². The third kappa shape index (κ3) is 5.32. The van der Waals surface area contributed by atoms with Crippen molar-refractivity contribution in [3.8, 4) is 5.75 Å². The lowest BCUT2D eigenvalue weighted by atomic mass is 10.1. The van der Waals surface area contributed by atoms with E-state index >= 15 is 0 Å². The molecule has 1 N–H and O–H groups in total. The number of methoxy groups -OCH3 is 1. The standard InChI is InChI=1S/C19H23NO2S/c1-3-23-18-9-5-4-8-17(18)19(21)20-14-6-7-15-10-12-16(22-2)13-11-15/h4-5,8-13H,3,6-7,14H2,1-2H3,(H,20,21). The average Bonchev–Trinajstić information content (AvgIpc) is 2.60. The lowest BCUT2D eigenvalue weighted by molar-refractivity contribution is 0.0950. The summed E-state index contributed by atoms with van der Waals surface area (Å²) in [5, 5.41) is 3.01. The number of thioether (sulfide) groups is 1. The van der Waals surface area contributed by atoms with E-state index in [0.29, 0.717) is 6.54 Å². The van der Waals surface area contributed by atoms with E-state index in [4.69, 9.17) is 4.74 Å². The van der Waals surface area contributed by atoms with Crippen LogP contribution in [0.1, 0.15) is 29.3 Å². The molecule has 122 valence electrons. The third-order valence-electron chi connectivity index (χ3n) is 3.52. The lowest BCUT2D eigenvalue weighted by Crippen LogP contribution is -2.25. The fourth-order valence-corrected chi connectivity index (χ4v) is 3.12. The summed E-state index contributed by atoms with van der Waals surface area (Å²) in [6, 6.07) is 15.8. The van der Waals surface area contributed by atoms with Gasteiger partial charge in [0.25, 0.3) is 5.91 Å². The molecule has 0 aliphatic heterocycles. The number of nitrogens with one attached hydrogen (secondary N) is 1. The summed E-state index contributed by atoms with van der Waals surface area (Å²) in [6.07, 6.45) is 1.86. The lowest BCUT2D eigenvalue weighted by Gasteiger charge is -2.09. The maximum atomic E-state index is 12.3. The molecule has 2 aromatic rings. The number of carbonyl (C=O) groups is 1. The van der Waals surface area contributed by atoms with Gasteiger partial charge in [0.15, 0.2) is 0 Å². The fraction of sp³-hybridized carbons (Fsp3) is 0.316. The van der Waals surface area contributed by atoms with Gasteiger partial charge in [-0.05, 0) is 48.4 Å². The Morgan fingerprint density at radius 3 is 2.57 bits per heavy atom. The van der Waals surface area contributed by atoms with E-state index in [1.54, 1.807) is 18.9 Å². The highest BCUT2D eigenvalue weighted by Crippen LogP contribution is 2.22. The number of ether oxygens (including phenoxy) is 1. The summed E-state index contributed by atoms with van der Waals surface area (Å²) in [7, 11) is 1.67. The highest BCUT2D eigenvalue weighted by atomic mass is 32.2. The highest BCUT2D eigenvalue weighted by Gasteiger charge is 2.09. The molecule has 0 bridgehead atoms. The van der Waals surface area contributed by atoms with E-state index in [9.17, 15) is 4.79 Å². The normalized spacial score (nSPS) is 10.3. The zero-order chi connectivity index (χ0) is 16.5. The second-order valence-electron chi connectivity index (χ2n) is 5.14. The van der Waals surface area contributed by atoms with Crippen LogP contribution in [0.5, 0.6) is 5.75 Å². The summed E-state index contributed by atoms with van der Waals surface area (Å²) in [4.78, 5) is 13.3. The second kappa shape index (κ2) is 9.26. The molecule has 0 aliphatic rings. The van der Waals surface area contributed by atoms with Crippen LogP contribution in [0.4, 0.5) is 0 Å². The molecule has 23 heavy (non-hydrogen) atoms. The van der Waals surface area contributed by atoms with Crippen molar-refractivity contribution < 1.29 is 9.53 Å². The molecule has 0 unspecified atom stereocenters. The van der Waals surface area contributed by atoms with Crippen LogP contribution in [-0.2, 0) is 6.42 Å². The average molecular weight is 329 g/mol. The molecule has 0 aromatic heterocycles. The molecular weight excluding hydrogens is 306 g/mol. The quantitative estimate of drug-likeness (QED) is 0.583. The zero-order valence-electron chi connectivity index (χ0n) is 13.7. The third-order valence-corrected chi connectivity index (χ3v) is 4.47. The number of hydrogen-bond donors (Lipinski definition) is 1.